The SMILES string of the molecule is CC/C=C\C/C=C\C/C=C\C/C=C\CCC(=O)OC(COC(=O)CCCCCCCCCC)COC(=O)CCCCCCCCCCCCCCCCCCCCCCCCCCCCCCCC. The molecule has 6 heteroatoms. The van der Waals surface area contributed by atoms with Gasteiger partial charge in [-0.1, -0.05) is 301 Å². The lowest BCUT2D eigenvalue weighted by Crippen LogP contribution is -2.30. The molecule has 1 atom stereocenters. The van der Waals surface area contributed by atoms with E-state index in [0.717, 1.165) is 64.2 Å². The van der Waals surface area contributed by atoms with Crippen LogP contribution in [0, 0.1) is 0 Å². The third kappa shape index (κ3) is 56.2. The Morgan fingerprint density at radius 2 is 0.565 bits per heavy atom. The molecule has 0 rings (SSSR count). The fourth-order valence-electron chi connectivity index (χ4n) is 8.87. The van der Waals surface area contributed by atoms with Crippen molar-refractivity contribution in [2.75, 3.05) is 13.2 Å². The van der Waals surface area contributed by atoms with Crippen molar-refractivity contribution < 1.29 is 28.6 Å². The number of unbranched alkanes of at least 4 members (excludes halogenated alkanes) is 36. The van der Waals surface area contributed by atoms with Gasteiger partial charge in [-0.05, 0) is 44.9 Å². The Bertz CT molecular complexity index is 1200. The molecule has 0 N–H and O–H groups in total. The maximum atomic E-state index is 12.7. The molecular weight excluding hydrogens is 853 g/mol. The van der Waals surface area contributed by atoms with Gasteiger partial charge >= 0.3 is 17.9 Å². The van der Waals surface area contributed by atoms with E-state index in [-0.39, 0.29) is 37.5 Å². The first-order chi connectivity index (χ1) is 34.0. The highest BCUT2D eigenvalue weighted by atomic mass is 16.6. The van der Waals surface area contributed by atoms with Crippen LogP contribution in [0.3, 0.4) is 0 Å². The molecule has 1 unspecified atom stereocenters. The van der Waals surface area contributed by atoms with E-state index in [1.807, 2.05) is 6.08 Å². The number of hydrogen-bond acceptors (Lipinski definition) is 6. The maximum Gasteiger partial charge on any atom is 0.306 e. The highest BCUT2D eigenvalue weighted by molar-refractivity contribution is 5.71. The van der Waals surface area contributed by atoms with Gasteiger partial charge in [0.2, 0.25) is 0 Å². The Balaban J connectivity index is 4.03. The molecular formula is C63H114O6. The number of esters is 3. The normalized spacial score (nSPS) is 12.3. The Morgan fingerprint density at radius 1 is 0.304 bits per heavy atom. The number of hydrogen-bond donors (Lipinski definition) is 0. The average molecular weight is 968 g/mol. The second-order valence-electron chi connectivity index (χ2n) is 20.2. The van der Waals surface area contributed by atoms with Gasteiger partial charge in [-0.3, -0.25) is 14.4 Å². The van der Waals surface area contributed by atoms with Gasteiger partial charge in [0.05, 0.1) is 0 Å². The Labute approximate surface area is 428 Å². The zero-order valence-corrected chi connectivity index (χ0v) is 46.1. The Morgan fingerprint density at radius 3 is 0.855 bits per heavy atom. The lowest BCUT2D eigenvalue weighted by atomic mass is 10.0. The molecule has 0 radical (unpaired) electrons. The van der Waals surface area contributed by atoms with E-state index in [9.17, 15) is 14.4 Å². The standard InChI is InChI=1S/C63H114O6/c1-4-7-10-13-16-19-21-23-24-25-26-27-28-29-30-31-32-33-34-35-36-37-38-39-41-42-44-47-50-53-56-62(65)68-59-60(58-67-61(64)55-52-49-46-18-15-12-9-6-3)69-63(66)57-54-51-48-45-43-40-22-20-17-14-11-8-5-2/h8,11,17,20,40,43,48,51,60H,4-7,9-10,12-16,18-19,21-39,41-42,44-47,49-50,52-59H2,1-3H3/b11-8-,20-17-,43-40-,51-48-. The van der Waals surface area contributed by atoms with Crippen LogP contribution in [0.2, 0.25) is 0 Å². The van der Waals surface area contributed by atoms with Crippen LogP contribution in [0.4, 0.5) is 0 Å². The molecule has 69 heavy (non-hydrogen) atoms. The number of carbonyl (C=O) groups excluding carboxylic acids is 3. The molecule has 0 bridgehead atoms. The van der Waals surface area contributed by atoms with Crippen LogP contribution in [-0.4, -0.2) is 37.2 Å². The lowest BCUT2D eigenvalue weighted by Gasteiger charge is -2.18. The van der Waals surface area contributed by atoms with Gasteiger partial charge in [0.25, 0.3) is 0 Å². The van der Waals surface area contributed by atoms with Crippen LogP contribution in [0.5, 0.6) is 0 Å². The van der Waals surface area contributed by atoms with Gasteiger partial charge in [0.15, 0.2) is 6.10 Å². The zero-order chi connectivity index (χ0) is 50.0. The quantitative estimate of drug-likeness (QED) is 0.0262. The Kier molecular flexibility index (Phi) is 55.7. The van der Waals surface area contributed by atoms with E-state index in [2.05, 4.69) is 63.3 Å². The number of allylic oxidation sites excluding steroid dienone is 8. The summed E-state index contributed by atoms with van der Waals surface area (Å²) in [6, 6.07) is 0. The first-order valence-electron chi connectivity index (χ1n) is 30.1. The largest absolute Gasteiger partial charge is 0.462 e. The predicted molar refractivity (Wildman–Crippen MR) is 298 cm³/mol. The molecule has 0 saturated heterocycles. The molecule has 0 aliphatic carbocycles. The van der Waals surface area contributed by atoms with Gasteiger partial charge < -0.3 is 14.2 Å². The van der Waals surface area contributed by atoms with E-state index >= 15 is 0 Å². The smallest absolute Gasteiger partial charge is 0.306 e. The second-order valence-corrected chi connectivity index (χ2v) is 20.2. The first kappa shape index (κ1) is 66.4. The van der Waals surface area contributed by atoms with Crippen molar-refractivity contribution in [1.82, 2.24) is 0 Å². The molecule has 0 aromatic heterocycles. The van der Waals surface area contributed by atoms with Crippen LogP contribution in [0.1, 0.15) is 316 Å². The lowest BCUT2D eigenvalue weighted by molar-refractivity contribution is -0.166. The first-order valence-corrected chi connectivity index (χ1v) is 30.1. The van der Waals surface area contributed by atoms with Crippen LogP contribution >= 0.6 is 0 Å². The van der Waals surface area contributed by atoms with Gasteiger partial charge in [0.1, 0.15) is 13.2 Å². The third-order valence-electron chi connectivity index (χ3n) is 13.4. The van der Waals surface area contributed by atoms with Crippen molar-refractivity contribution in [2.24, 2.45) is 0 Å². The van der Waals surface area contributed by atoms with Gasteiger partial charge in [-0.15, -0.1) is 0 Å². The third-order valence-corrected chi connectivity index (χ3v) is 13.4. The fraction of sp³-hybridized carbons (Fsp3) is 0.825. The van der Waals surface area contributed by atoms with E-state index in [1.54, 1.807) is 0 Å². The summed E-state index contributed by atoms with van der Waals surface area (Å²) in [5.41, 5.74) is 0. The van der Waals surface area contributed by atoms with Crippen LogP contribution < -0.4 is 0 Å². The molecule has 0 amide bonds. The number of ether oxygens (including phenoxy) is 3. The summed E-state index contributed by atoms with van der Waals surface area (Å²) in [5.74, 6) is -0.973. The van der Waals surface area contributed by atoms with Crippen molar-refractivity contribution in [1.29, 1.82) is 0 Å². The van der Waals surface area contributed by atoms with Gasteiger partial charge in [-0.25, -0.2) is 0 Å². The van der Waals surface area contributed by atoms with Crippen molar-refractivity contribution in [3.63, 3.8) is 0 Å². The van der Waals surface area contributed by atoms with Crippen LogP contribution in [0.15, 0.2) is 48.6 Å². The van der Waals surface area contributed by atoms with E-state index < -0.39 is 6.10 Å². The second kappa shape index (κ2) is 57.9. The molecule has 0 aromatic carbocycles. The summed E-state index contributed by atoms with van der Waals surface area (Å²) < 4.78 is 16.7. The summed E-state index contributed by atoms with van der Waals surface area (Å²) in [6.07, 6.45) is 71.8. The van der Waals surface area contributed by atoms with E-state index in [4.69, 9.17) is 14.2 Å². The fourth-order valence-corrected chi connectivity index (χ4v) is 8.87. The van der Waals surface area contributed by atoms with Gasteiger partial charge in [-0.2, -0.15) is 0 Å². The molecule has 0 aliphatic heterocycles. The molecule has 0 fully saturated rings. The highest BCUT2D eigenvalue weighted by Crippen LogP contribution is 2.18. The zero-order valence-electron chi connectivity index (χ0n) is 46.1. The summed E-state index contributed by atoms with van der Waals surface area (Å²) in [7, 11) is 0. The summed E-state index contributed by atoms with van der Waals surface area (Å²) in [4.78, 5) is 37.9. The summed E-state index contributed by atoms with van der Waals surface area (Å²) >= 11 is 0. The molecule has 0 spiro atoms. The molecule has 0 heterocycles. The monoisotopic (exact) mass is 967 g/mol. The van der Waals surface area contributed by atoms with Crippen LogP contribution in [-0.2, 0) is 28.6 Å². The minimum atomic E-state index is -0.806. The molecule has 402 valence electrons. The summed E-state index contributed by atoms with van der Waals surface area (Å²) in [6.45, 7) is 6.46. The molecule has 0 aromatic rings. The number of rotatable bonds is 55. The molecule has 0 aliphatic rings. The Hall–Kier alpha value is -2.63. The number of carbonyl (C=O) groups is 3. The van der Waals surface area contributed by atoms with E-state index in [1.165, 1.54) is 205 Å². The molecule has 6 nitrogen and oxygen atoms in total. The van der Waals surface area contributed by atoms with Crippen molar-refractivity contribution in [2.45, 2.75) is 322 Å². The molecule has 0 saturated carbocycles. The van der Waals surface area contributed by atoms with Crippen molar-refractivity contribution in [3.05, 3.63) is 48.6 Å². The topological polar surface area (TPSA) is 78.9 Å². The minimum absolute atomic E-state index is 0.0980. The maximum absolute atomic E-state index is 12.7. The average Bonchev–Trinajstić information content (AvgIpc) is 3.35. The van der Waals surface area contributed by atoms with Gasteiger partial charge in [0, 0.05) is 19.3 Å². The van der Waals surface area contributed by atoms with Crippen molar-refractivity contribution >= 4 is 17.9 Å². The summed E-state index contributed by atoms with van der Waals surface area (Å²) in [5, 5.41) is 0. The minimum Gasteiger partial charge on any atom is -0.462 e. The van der Waals surface area contributed by atoms with Crippen molar-refractivity contribution in [3.8, 4) is 0 Å². The van der Waals surface area contributed by atoms with E-state index in [0.29, 0.717) is 19.3 Å². The highest BCUT2D eigenvalue weighted by Gasteiger charge is 2.19. The van der Waals surface area contributed by atoms with Crippen LogP contribution in [0.25, 0.3) is 0 Å². The predicted octanol–water partition coefficient (Wildman–Crippen LogP) is 20.2.